The lowest BCUT2D eigenvalue weighted by atomic mass is 9.87. The quantitative estimate of drug-likeness (QED) is 0.540. The van der Waals surface area contributed by atoms with Gasteiger partial charge < -0.3 is 10.2 Å². The van der Waals surface area contributed by atoms with E-state index in [0.717, 1.165) is 5.56 Å². The molecule has 0 fully saturated rings. The molecule has 0 spiro atoms. The Morgan fingerprint density at radius 3 is 2.07 bits per heavy atom. The fourth-order valence-corrected chi connectivity index (χ4v) is 2.61. The zero-order valence-corrected chi connectivity index (χ0v) is 8.17. The Morgan fingerprint density at radius 1 is 0.867 bits per heavy atom. The van der Waals surface area contributed by atoms with Crippen LogP contribution in [0.15, 0.2) is 42.5 Å². The van der Waals surface area contributed by atoms with Crippen molar-refractivity contribution in [1.82, 2.24) is 0 Å². The molecule has 15 heavy (non-hydrogen) atoms. The van der Waals surface area contributed by atoms with E-state index in [0.29, 0.717) is 11.8 Å². The van der Waals surface area contributed by atoms with Gasteiger partial charge in [0.05, 0.1) is 0 Å². The third-order valence-electron chi connectivity index (χ3n) is 3.35. The van der Waals surface area contributed by atoms with E-state index in [4.69, 9.17) is 0 Å². The van der Waals surface area contributed by atoms with E-state index < -0.39 is 0 Å². The molecule has 0 aliphatic heterocycles. The van der Waals surface area contributed by atoms with Crippen LogP contribution in [-0.4, -0.2) is 10.2 Å². The maximum atomic E-state index is 9.82. The van der Waals surface area contributed by atoms with Crippen molar-refractivity contribution in [2.45, 2.75) is 5.92 Å². The monoisotopic (exact) mass is 200 g/mol. The van der Waals surface area contributed by atoms with E-state index >= 15 is 0 Å². The third-order valence-corrected chi connectivity index (χ3v) is 3.35. The molecular weight excluding hydrogens is 188 g/mol. The van der Waals surface area contributed by atoms with Crippen LogP contribution in [0.2, 0.25) is 0 Å². The van der Waals surface area contributed by atoms with Crippen molar-refractivity contribution >= 4 is 0 Å². The number of hydrogen-bond acceptors (Lipinski definition) is 2. The summed E-state index contributed by atoms with van der Waals surface area (Å²) in [5.74, 6) is 1.03. The van der Waals surface area contributed by atoms with Gasteiger partial charge in [0.2, 0.25) is 0 Å². The summed E-state index contributed by atoms with van der Waals surface area (Å²) >= 11 is 0. The second-order valence-electron chi connectivity index (χ2n) is 4.17. The van der Waals surface area contributed by atoms with Crippen LogP contribution < -0.4 is 0 Å². The second kappa shape index (κ2) is 2.89. The molecule has 0 unspecified atom stereocenters. The van der Waals surface area contributed by atoms with Gasteiger partial charge in [-0.3, -0.25) is 0 Å². The van der Waals surface area contributed by atoms with Crippen LogP contribution in [0.1, 0.15) is 11.5 Å². The summed E-state index contributed by atoms with van der Waals surface area (Å²) in [6, 6.07) is 5.18. The van der Waals surface area contributed by atoms with Crippen molar-refractivity contribution in [2.24, 2.45) is 11.8 Å². The number of benzene rings is 1. The van der Waals surface area contributed by atoms with Gasteiger partial charge in [0.15, 0.2) is 11.5 Å². The predicted octanol–water partition coefficient (Wildman–Crippen LogP) is 2.55. The molecule has 0 atom stereocenters. The third kappa shape index (κ3) is 1.11. The minimum absolute atomic E-state index is 0.0289. The van der Waals surface area contributed by atoms with Crippen molar-refractivity contribution in [3.05, 3.63) is 48.1 Å². The maximum Gasteiger partial charge on any atom is 0.161 e. The highest BCUT2D eigenvalue weighted by Gasteiger charge is 2.36. The number of fused-ring (bicyclic) bond motifs is 2. The Labute approximate surface area is 88.2 Å². The van der Waals surface area contributed by atoms with Crippen LogP contribution in [0.4, 0.5) is 0 Å². The van der Waals surface area contributed by atoms with Gasteiger partial charge in [0.25, 0.3) is 0 Å². The highest BCUT2D eigenvalue weighted by atomic mass is 16.3. The maximum absolute atomic E-state index is 9.82. The van der Waals surface area contributed by atoms with Gasteiger partial charge in [-0.05, 0) is 6.07 Å². The number of hydrogen-bond donors (Lipinski definition) is 2. The molecule has 0 heterocycles. The molecule has 0 saturated heterocycles. The number of phenolic OH excluding ortho intramolecular Hbond substituents is 2. The molecule has 0 aromatic heterocycles. The summed E-state index contributed by atoms with van der Waals surface area (Å²) in [4.78, 5) is 0. The lowest BCUT2D eigenvalue weighted by Crippen LogP contribution is -2.05. The molecule has 0 saturated carbocycles. The van der Waals surface area contributed by atoms with E-state index in [1.807, 2.05) is 6.07 Å². The minimum atomic E-state index is -0.0289. The first-order valence-corrected chi connectivity index (χ1v) is 5.15. The van der Waals surface area contributed by atoms with Crippen molar-refractivity contribution in [1.29, 1.82) is 0 Å². The predicted molar refractivity (Wildman–Crippen MR) is 57.8 cm³/mol. The van der Waals surface area contributed by atoms with Crippen molar-refractivity contribution < 1.29 is 10.2 Å². The number of allylic oxidation sites excluding steroid dienone is 4. The zero-order chi connectivity index (χ0) is 10.4. The summed E-state index contributed by atoms with van der Waals surface area (Å²) in [5, 5.41) is 19.3. The van der Waals surface area contributed by atoms with Gasteiger partial charge >= 0.3 is 0 Å². The van der Waals surface area contributed by atoms with E-state index in [1.165, 1.54) is 6.07 Å². The average Bonchev–Trinajstić information content (AvgIpc) is 2.82. The standard InChI is InChI=1S/C13H12O2/c14-11-3-1-2-10(13(11)15)12-8-4-5-9(12)7-6-8/h1-9,12,14-15H. The second-order valence-corrected chi connectivity index (χ2v) is 4.17. The molecular formula is C13H12O2. The molecule has 2 N–H and O–H groups in total. The molecule has 3 rings (SSSR count). The summed E-state index contributed by atoms with van der Waals surface area (Å²) in [7, 11) is 0. The van der Waals surface area contributed by atoms with Gasteiger partial charge in [0.1, 0.15) is 0 Å². The normalized spacial score (nSPS) is 31.3. The summed E-state index contributed by atoms with van der Waals surface area (Å²) < 4.78 is 0. The summed E-state index contributed by atoms with van der Waals surface area (Å²) in [6.45, 7) is 0. The number of para-hydroxylation sites is 1. The first kappa shape index (κ1) is 8.60. The Hall–Kier alpha value is -1.70. The Kier molecular flexibility index (Phi) is 1.66. The van der Waals surface area contributed by atoms with Crippen LogP contribution in [0, 0.1) is 11.8 Å². The fraction of sp³-hybridized carbons (Fsp3) is 0.231. The van der Waals surface area contributed by atoms with E-state index in [1.54, 1.807) is 6.07 Å². The molecule has 1 aromatic rings. The van der Waals surface area contributed by atoms with Gasteiger partial charge in [-0.1, -0.05) is 36.4 Å². The molecule has 2 nitrogen and oxygen atoms in total. The van der Waals surface area contributed by atoms with Crippen molar-refractivity contribution in [3.8, 4) is 11.5 Å². The Morgan fingerprint density at radius 2 is 1.47 bits per heavy atom. The van der Waals surface area contributed by atoms with Gasteiger partial charge in [-0.25, -0.2) is 0 Å². The summed E-state index contributed by atoms with van der Waals surface area (Å²) in [6.07, 6.45) is 8.66. The number of rotatable bonds is 1. The molecule has 0 amide bonds. The molecule has 76 valence electrons. The topological polar surface area (TPSA) is 40.5 Å². The smallest absolute Gasteiger partial charge is 0.161 e. The van der Waals surface area contributed by atoms with Crippen LogP contribution in [0.3, 0.4) is 0 Å². The van der Waals surface area contributed by atoms with Crippen LogP contribution in [0.25, 0.3) is 0 Å². The van der Waals surface area contributed by atoms with Crippen LogP contribution in [0.5, 0.6) is 11.5 Å². The molecule has 2 heteroatoms. The largest absolute Gasteiger partial charge is 0.504 e. The van der Waals surface area contributed by atoms with E-state index in [9.17, 15) is 10.2 Å². The highest BCUT2D eigenvalue weighted by Crippen LogP contribution is 2.49. The van der Waals surface area contributed by atoms with Crippen molar-refractivity contribution in [2.75, 3.05) is 0 Å². The lowest BCUT2D eigenvalue weighted by molar-refractivity contribution is 0.392. The first-order chi connectivity index (χ1) is 7.27. The molecule has 1 aromatic carbocycles. The highest BCUT2D eigenvalue weighted by molar-refractivity contribution is 5.50. The Bertz CT molecular complexity index is 430. The molecule has 2 aliphatic rings. The lowest BCUT2D eigenvalue weighted by Gasteiger charge is -2.18. The molecule has 2 bridgehead atoms. The molecule has 2 aliphatic carbocycles. The Balaban J connectivity index is 2.05. The van der Waals surface area contributed by atoms with Crippen LogP contribution >= 0.6 is 0 Å². The van der Waals surface area contributed by atoms with E-state index in [2.05, 4.69) is 24.3 Å². The van der Waals surface area contributed by atoms with Gasteiger partial charge in [0, 0.05) is 23.3 Å². The number of aromatic hydroxyl groups is 2. The zero-order valence-electron chi connectivity index (χ0n) is 8.17. The summed E-state index contributed by atoms with van der Waals surface area (Å²) in [5.41, 5.74) is 0.847. The minimum Gasteiger partial charge on any atom is -0.504 e. The SMILES string of the molecule is Oc1cccc(C2C3C=CC2C=C3)c1O. The number of phenols is 2. The van der Waals surface area contributed by atoms with E-state index in [-0.39, 0.29) is 17.4 Å². The van der Waals surface area contributed by atoms with Crippen LogP contribution in [-0.2, 0) is 0 Å². The average molecular weight is 200 g/mol. The fourth-order valence-electron chi connectivity index (χ4n) is 2.61. The van der Waals surface area contributed by atoms with Gasteiger partial charge in [-0.2, -0.15) is 0 Å². The molecule has 0 radical (unpaired) electrons. The first-order valence-electron chi connectivity index (χ1n) is 5.15. The van der Waals surface area contributed by atoms with Crippen molar-refractivity contribution in [3.63, 3.8) is 0 Å². The van der Waals surface area contributed by atoms with Gasteiger partial charge in [-0.15, -0.1) is 0 Å².